The summed E-state index contributed by atoms with van der Waals surface area (Å²) < 4.78 is 10.3. The number of ether oxygens (including phenoxy) is 2. The largest absolute Gasteiger partial charge is 0.497 e. The van der Waals surface area contributed by atoms with Crippen molar-refractivity contribution in [3.63, 3.8) is 0 Å². The highest BCUT2D eigenvalue weighted by Gasteiger charge is 2.47. The van der Waals surface area contributed by atoms with Crippen LogP contribution in [-0.2, 0) is 15.1 Å². The molecule has 80 valence electrons. The van der Waals surface area contributed by atoms with Gasteiger partial charge in [0.25, 0.3) is 0 Å². The van der Waals surface area contributed by atoms with E-state index in [1.807, 2.05) is 0 Å². The zero-order chi connectivity index (χ0) is 10.9. The van der Waals surface area contributed by atoms with Gasteiger partial charge >= 0.3 is 5.97 Å². The van der Waals surface area contributed by atoms with Crippen LogP contribution in [0.1, 0.15) is 12.0 Å². The second-order valence-electron chi connectivity index (χ2n) is 3.46. The third-order valence-electron chi connectivity index (χ3n) is 2.68. The Labute approximate surface area is 87.4 Å². The molecular weight excluding hydrogens is 196 g/mol. The molecule has 1 atom stereocenters. The van der Waals surface area contributed by atoms with Crippen molar-refractivity contribution in [3.8, 4) is 5.75 Å². The topological polar surface area (TPSA) is 55.8 Å². The summed E-state index contributed by atoms with van der Waals surface area (Å²) in [6.07, 6.45) is 0.509. The lowest BCUT2D eigenvalue weighted by Crippen LogP contribution is -2.47. The first kappa shape index (κ1) is 9.98. The Balaban J connectivity index is 2.38. The Hall–Kier alpha value is -1.55. The van der Waals surface area contributed by atoms with Gasteiger partial charge in [-0.15, -0.1) is 0 Å². The number of carboxylic acid groups (broad SMARTS) is 1. The van der Waals surface area contributed by atoms with Gasteiger partial charge < -0.3 is 14.6 Å². The van der Waals surface area contributed by atoms with E-state index in [-0.39, 0.29) is 0 Å². The van der Waals surface area contributed by atoms with Crippen molar-refractivity contribution >= 4 is 5.97 Å². The number of rotatable bonds is 3. The van der Waals surface area contributed by atoms with Crippen LogP contribution in [0.15, 0.2) is 24.3 Å². The molecule has 4 heteroatoms. The van der Waals surface area contributed by atoms with Gasteiger partial charge in [-0.2, -0.15) is 0 Å². The van der Waals surface area contributed by atoms with E-state index in [2.05, 4.69) is 0 Å². The number of aliphatic carboxylic acids is 1. The fourth-order valence-corrected chi connectivity index (χ4v) is 1.70. The molecule has 1 aromatic rings. The lowest BCUT2D eigenvalue weighted by Gasteiger charge is -2.38. The fraction of sp³-hybridized carbons (Fsp3) is 0.364. The lowest BCUT2D eigenvalue weighted by atomic mass is 9.86. The predicted molar refractivity (Wildman–Crippen MR) is 52.9 cm³/mol. The van der Waals surface area contributed by atoms with Crippen LogP contribution in [0.4, 0.5) is 0 Å². The maximum Gasteiger partial charge on any atom is 0.340 e. The predicted octanol–water partition coefficient (Wildman–Crippen LogP) is 1.40. The van der Waals surface area contributed by atoms with Crippen LogP contribution in [0.3, 0.4) is 0 Å². The normalized spacial score (nSPS) is 24.3. The molecule has 1 N–H and O–H groups in total. The number of methoxy groups -OCH3 is 1. The van der Waals surface area contributed by atoms with Crippen molar-refractivity contribution < 1.29 is 19.4 Å². The van der Waals surface area contributed by atoms with E-state index < -0.39 is 11.6 Å². The first-order valence-corrected chi connectivity index (χ1v) is 4.71. The summed E-state index contributed by atoms with van der Waals surface area (Å²) in [6.45, 7) is 0.490. The van der Waals surface area contributed by atoms with Crippen LogP contribution in [-0.4, -0.2) is 24.8 Å². The minimum atomic E-state index is -1.16. The molecule has 0 spiro atoms. The highest BCUT2D eigenvalue weighted by Crippen LogP contribution is 2.38. The minimum Gasteiger partial charge on any atom is -0.497 e. The highest BCUT2D eigenvalue weighted by atomic mass is 16.5. The highest BCUT2D eigenvalue weighted by molar-refractivity contribution is 5.80. The van der Waals surface area contributed by atoms with Crippen LogP contribution in [0, 0.1) is 0 Å². The second kappa shape index (κ2) is 3.55. The van der Waals surface area contributed by atoms with Gasteiger partial charge in [0.2, 0.25) is 0 Å². The van der Waals surface area contributed by atoms with Gasteiger partial charge in [-0.05, 0) is 17.7 Å². The number of hydrogen-bond acceptors (Lipinski definition) is 3. The van der Waals surface area contributed by atoms with E-state index in [9.17, 15) is 4.79 Å². The molecular formula is C11H12O4. The van der Waals surface area contributed by atoms with Crippen molar-refractivity contribution in [2.24, 2.45) is 0 Å². The number of benzene rings is 1. The average molecular weight is 208 g/mol. The van der Waals surface area contributed by atoms with Gasteiger partial charge in [-0.3, -0.25) is 0 Å². The quantitative estimate of drug-likeness (QED) is 0.815. The SMILES string of the molecule is COc1cccc(C2(C(=O)O)CCO2)c1. The molecule has 0 amide bonds. The van der Waals surface area contributed by atoms with Crippen molar-refractivity contribution in [2.45, 2.75) is 12.0 Å². The summed E-state index contributed by atoms with van der Waals surface area (Å²) in [4.78, 5) is 11.1. The molecule has 4 nitrogen and oxygen atoms in total. The van der Waals surface area contributed by atoms with Crippen LogP contribution < -0.4 is 4.74 Å². The summed E-state index contributed by atoms with van der Waals surface area (Å²) in [5.74, 6) is -0.300. The van der Waals surface area contributed by atoms with Gasteiger partial charge in [0.05, 0.1) is 13.7 Å². The van der Waals surface area contributed by atoms with Gasteiger partial charge in [0.15, 0.2) is 5.60 Å². The van der Waals surface area contributed by atoms with Crippen molar-refractivity contribution in [1.29, 1.82) is 0 Å². The van der Waals surface area contributed by atoms with Gasteiger partial charge in [-0.25, -0.2) is 4.79 Å². The Morgan fingerprint density at radius 2 is 2.33 bits per heavy atom. The van der Waals surface area contributed by atoms with E-state index in [1.54, 1.807) is 31.4 Å². The summed E-state index contributed by atoms with van der Waals surface area (Å²) >= 11 is 0. The zero-order valence-corrected chi connectivity index (χ0v) is 8.40. The summed E-state index contributed by atoms with van der Waals surface area (Å²) in [5, 5.41) is 9.13. The smallest absolute Gasteiger partial charge is 0.340 e. The van der Waals surface area contributed by atoms with Gasteiger partial charge in [-0.1, -0.05) is 12.1 Å². The molecule has 15 heavy (non-hydrogen) atoms. The Morgan fingerprint density at radius 3 is 2.80 bits per heavy atom. The number of carbonyl (C=O) groups is 1. The lowest BCUT2D eigenvalue weighted by molar-refractivity contribution is -0.197. The van der Waals surface area contributed by atoms with E-state index in [0.29, 0.717) is 24.3 Å². The van der Waals surface area contributed by atoms with E-state index >= 15 is 0 Å². The second-order valence-corrected chi connectivity index (χ2v) is 3.46. The molecule has 1 aliphatic heterocycles. The first-order valence-electron chi connectivity index (χ1n) is 4.71. The van der Waals surface area contributed by atoms with Crippen molar-refractivity contribution in [1.82, 2.24) is 0 Å². The summed E-state index contributed by atoms with van der Waals surface area (Å²) in [6, 6.07) is 6.99. The minimum absolute atomic E-state index is 0.490. The van der Waals surface area contributed by atoms with E-state index in [4.69, 9.17) is 14.6 Å². The monoisotopic (exact) mass is 208 g/mol. The molecule has 0 bridgehead atoms. The molecule has 1 aromatic carbocycles. The van der Waals surface area contributed by atoms with Crippen LogP contribution >= 0.6 is 0 Å². The Bertz CT molecular complexity index is 382. The summed E-state index contributed by atoms with van der Waals surface area (Å²) in [7, 11) is 1.55. The van der Waals surface area contributed by atoms with Crippen LogP contribution in [0.2, 0.25) is 0 Å². The van der Waals surface area contributed by atoms with Gasteiger partial charge in [0.1, 0.15) is 5.75 Å². The third kappa shape index (κ3) is 1.47. The Morgan fingerprint density at radius 1 is 1.60 bits per heavy atom. The molecule has 1 saturated heterocycles. The van der Waals surface area contributed by atoms with E-state index in [1.165, 1.54) is 0 Å². The first-order chi connectivity index (χ1) is 7.19. The number of hydrogen-bond donors (Lipinski definition) is 1. The standard InChI is InChI=1S/C11H12O4/c1-14-9-4-2-3-8(7-9)11(10(12)13)5-6-15-11/h2-4,7H,5-6H2,1H3,(H,12,13). The molecule has 1 aliphatic rings. The summed E-state index contributed by atoms with van der Waals surface area (Å²) in [5.41, 5.74) is -0.519. The van der Waals surface area contributed by atoms with Crippen LogP contribution in [0.25, 0.3) is 0 Å². The number of carboxylic acids is 1. The zero-order valence-electron chi connectivity index (χ0n) is 8.40. The fourth-order valence-electron chi connectivity index (χ4n) is 1.70. The van der Waals surface area contributed by atoms with Crippen molar-refractivity contribution in [3.05, 3.63) is 29.8 Å². The molecule has 0 aliphatic carbocycles. The average Bonchev–Trinajstić information content (AvgIpc) is 2.16. The molecule has 2 rings (SSSR count). The molecule has 1 fully saturated rings. The molecule has 1 unspecified atom stereocenters. The van der Waals surface area contributed by atoms with Gasteiger partial charge in [0, 0.05) is 6.42 Å². The molecule has 1 heterocycles. The molecule has 0 saturated carbocycles. The van der Waals surface area contributed by atoms with Crippen LogP contribution in [0.5, 0.6) is 5.75 Å². The maximum absolute atomic E-state index is 11.1. The van der Waals surface area contributed by atoms with E-state index in [0.717, 1.165) is 0 Å². The molecule has 0 radical (unpaired) electrons. The maximum atomic E-state index is 11.1. The van der Waals surface area contributed by atoms with Crippen molar-refractivity contribution in [2.75, 3.05) is 13.7 Å². The Kier molecular flexibility index (Phi) is 2.36. The molecule has 0 aromatic heterocycles. The third-order valence-corrected chi connectivity index (χ3v) is 2.68.